The first-order valence-electron chi connectivity index (χ1n) is 7.92. The Kier molecular flexibility index (Phi) is 5.24. The summed E-state index contributed by atoms with van der Waals surface area (Å²) in [6.07, 6.45) is 5.38. The molecule has 3 aromatic rings. The second-order valence-electron chi connectivity index (χ2n) is 5.45. The lowest BCUT2D eigenvalue weighted by Crippen LogP contribution is -2.17. The van der Waals surface area contributed by atoms with Crippen molar-refractivity contribution < 1.29 is 14.3 Å². The average molecular weight is 347 g/mol. The van der Waals surface area contributed by atoms with E-state index in [4.69, 9.17) is 0 Å². The van der Waals surface area contributed by atoms with Gasteiger partial charge in [0.25, 0.3) is 5.91 Å². The zero-order valence-electron chi connectivity index (χ0n) is 14.1. The minimum atomic E-state index is -0.398. The maximum absolute atomic E-state index is 12.1. The monoisotopic (exact) mass is 347 g/mol. The van der Waals surface area contributed by atoms with Crippen LogP contribution in [0.5, 0.6) is 0 Å². The highest BCUT2D eigenvalue weighted by Crippen LogP contribution is 2.10. The quantitative estimate of drug-likeness (QED) is 0.438. The molecule has 0 saturated heterocycles. The number of nitrogens with one attached hydrogen (secondary N) is 1. The molecule has 1 heterocycles. The number of benzene rings is 2. The van der Waals surface area contributed by atoms with E-state index in [1.807, 2.05) is 41.2 Å². The number of aromatic nitrogens is 1. The average Bonchev–Trinajstić information content (AvgIpc) is 3.23. The maximum Gasteiger partial charge on any atom is 0.337 e. The smallest absolute Gasteiger partial charge is 0.337 e. The lowest BCUT2D eigenvalue weighted by atomic mass is 10.1. The fourth-order valence-corrected chi connectivity index (χ4v) is 2.34. The second kappa shape index (κ2) is 7.94. The van der Waals surface area contributed by atoms with Gasteiger partial charge in [-0.1, -0.05) is 12.1 Å². The predicted octanol–water partition coefficient (Wildman–Crippen LogP) is 3.03. The summed E-state index contributed by atoms with van der Waals surface area (Å²) in [4.78, 5) is 23.5. The van der Waals surface area contributed by atoms with Crippen LogP contribution in [-0.4, -0.2) is 29.8 Å². The van der Waals surface area contributed by atoms with E-state index < -0.39 is 5.97 Å². The van der Waals surface area contributed by atoms with Crippen molar-refractivity contribution in [3.05, 3.63) is 89.7 Å². The molecule has 26 heavy (non-hydrogen) atoms. The van der Waals surface area contributed by atoms with Crippen LogP contribution >= 0.6 is 0 Å². The Balaban J connectivity index is 1.59. The van der Waals surface area contributed by atoms with Gasteiger partial charge >= 0.3 is 5.97 Å². The lowest BCUT2D eigenvalue weighted by Gasteiger charge is -2.04. The summed E-state index contributed by atoms with van der Waals surface area (Å²) < 4.78 is 6.59. The van der Waals surface area contributed by atoms with Gasteiger partial charge in [-0.3, -0.25) is 4.79 Å². The molecular weight excluding hydrogens is 330 g/mol. The molecule has 130 valence electrons. The molecule has 0 aliphatic rings. The van der Waals surface area contributed by atoms with Crippen LogP contribution in [0.1, 0.15) is 26.3 Å². The Labute approximate surface area is 150 Å². The first kappa shape index (κ1) is 17.2. The summed E-state index contributed by atoms with van der Waals surface area (Å²) >= 11 is 0. The van der Waals surface area contributed by atoms with Crippen molar-refractivity contribution in [3.8, 4) is 5.69 Å². The number of methoxy groups -OCH3 is 1. The van der Waals surface area contributed by atoms with Gasteiger partial charge in [-0.15, -0.1) is 0 Å². The number of hydrogen-bond acceptors (Lipinski definition) is 4. The number of rotatable bonds is 5. The summed E-state index contributed by atoms with van der Waals surface area (Å²) in [5, 5.41) is 3.94. The molecule has 0 fully saturated rings. The van der Waals surface area contributed by atoms with Gasteiger partial charge in [-0.25, -0.2) is 10.2 Å². The minimum Gasteiger partial charge on any atom is -0.465 e. The summed E-state index contributed by atoms with van der Waals surface area (Å²) in [7, 11) is 1.33. The van der Waals surface area contributed by atoms with Crippen molar-refractivity contribution in [2.75, 3.05) is 7.11 Å². The van der Waals surface area contributed by atoms with E-state index in [2.05, 4.69) is 15.3 Å². The fraction of sp³-hybridized carbons (Fsp3) is 0.0500. The van der Waals surface area contributed by atoms with E-state index in [0.29, 0.717) is 11.1 Å². The van der Waals surface area contributed by atoms with E-state index in [9.17, 15) is 9.59 Å². The number of hydrazone groups is 1. The van der Waals surface area contributed by atoms with E-state index in [0.717, 1.165) is 11.3 Å². The Morgan fingerprint density at radius 2 is 1.58 bits per heavy atom. The van der Waals surface area contributed by atoms with E-state index in [1.165, 1.54) is 13.3 Å². The van der Waals surface area contributed by atoms with Gasteiger partial charge in [0.15, 0.2) is 0 Å². The van der Waals surface area contributed by atoms with E-state index in [1.54, 1.807) is 36.4 Å². The molecule has 0 saturated carbocycles. The molecule has 0 unspecified atom stereocenters. The Hall–Kier alpha value is -3.67. The Bertz CT molecular complexity index is 912. The molecule has 0 radical (unpaired) electrons. The van der Waals surface area contributed by atoms with Crippen LogP contribution in [0, 0.1) is 0 Å². The molecule has 1 amide bonds. The van der Waals surface area contributed by atoms with Crippen LogP contribution in [0.3, 0.4) is 0 Å². The van der Waals surface area contributed by atoms with Crippen LogP contribution in [-0.2, 0) is 4.74 Å². The first-order chi connectivity index (χ1) is 12.7. The summed E-state index contributed by atoms with van der Waals surface area (Å²) in [5.41, 5.74) is 5.17. The highest BCUT2D eigenvalue weighted by atomic mass is 16.5. The van der Waals surface area contributed by atoms with Crippen molar-refractivity contribution in [1.82, 2.24) is 9.99 Å². The largest absolute Gasteiger partial charge is 0.465 e. The molecule has 1 N–H and O–H groups in total. The van der Waals surface area contributed by atoms with Gasteiger partial charge in [-0.2, -0.15) is 5.10 Å². The van der Waals surface area contributed by atoms with E-state index in [-0.39, 0.29) is 5.91 Å². The van der Waals surface area contributed by atoms with Crippen LogP contribution in [0.15, 0.2) is 78.2 Å². The van der Waals surface area contributed by atoms with Crippen molar-refractivity contribution in [2.45, 2.75) is 0 Å². The zero-order valence-corrected chi connectivity index (χ0v) is 14.1. The molecule has 3 rings (SSSR count). The summed E-state index contributed by atoms with van der Waals surface area (Å²) in [6.45, 7) is 0. The SMILES string of the molecule is COC(=O)c1ccc(C=NNC(=O)c2ccc(-n3cccc3)cc2)cc1. The Morgan fingerprint density at radius 1 is 0.962 bits per heavy atom. The number of ether oxygens (including phenoxy) is 1. The number of carbonyl (C=O) groups is 2. The third kappa shape index (κ3) is 4.05. The molecule has 0 aliphatic heterocycles. The van der Waals surface area contributed by atoms with Gasteiger partial charge in [-0.05, 0) is 54.1 Å². The van der Waals surface area contributed by atoms with Crippen molar-refractivity contribution in [1.29, 1.82) is 0 Å². The summed E-state index contributed by atoms with van der Waals surface area (Å²) in [6, 6.07) is 17.8. The third-order valence-corrected chi connectivity index (χ3v) is 3.74. The fourth-order valence-electron chi connectivity index (χ4n) is 2.34. The van der Waals surface area contributed by atoms with Crippen LogP contribution in [0.2, 0.25) is 0 Å². The molecular formula is C20H17N3O3. The topological polar surface area (TPSA) is 72.7 Å². The van der Waals surface area contributed by atoms with Crippen LogP contribution in [0.4, 0.5) is 0 Å². The number of hydrogen-bond donors (Lipinski definition) is 1. The van der Waals surface area contributed by atoms with Crippen molar-refractivity contribution in [2.24, 2.45) is 5.10 Å². The standard InChI is InChI=1S/C20H17N3O3/c1-26-20(25)17-6-4-15(5-7-17)14-21-22-19(24)16-8-10-18(11-9-16)23-12-2-3-13-23/h2-14H,1H3,(H,22,24). The highest BCUT2D eigenvalue weighted by Gasteiger charge is 2.05. The predicted molar refractivity (Wildman–Crippen MR) is 98.6 cm³/mol. The number of carbonyl (C=O) groups excluding carboxylic acids is 2. The van der Waals surface area contributed by atoms with Gasteiger partial charge in [0.1, 0.15) is 0 Å². The van der Waals surface area contributed by atoms with Gasteiger partial charge in [0, 0.05) is 23.6 Å². The Morgan fingerprint density at radius 3 is 2.19 bits per heavy atom. The second-order valence-corrected chi connectivity index (χ2v) is 5.45. The van der Waals surface area contributed by atoms with Crippen LogP contribution < -0.4 is 5.43 Å². The lowest BCUT2D eigenvalue weighted by molar-refractivity contribution is 0.0600. The van der Waals surface area contributed by atoms with Gasteiger partial charge < -0.3 is 9.30 Å². The van der Waals surface area contributed by atoms with Crippen LogP contribution in [0.25, 0.3) is 5.69 Å². The number of esters is 1. The molecule has 0 aliphatic carbocycles. The molecule has 6 nitrogen and oxygen atoms in total. The summed E-state index contributed by atoms with van der Waals surface area (Å²) in [5.74, 6) is -0.698. The molecule has 2 aromatic carbocycles. The molecule has 0 atom stereocenters. The van der Waals surface area contributed by atoms with Gasteiger partial charge in [0.2, 0.25) is 0 Å². The zero-order chi connectivity index (χ0) is 18.4. The highest BCUT2D eigenvalue weighted by molar-refractivity contribution is 5.95. The molecule has 1 aromatic heterocycles. The number of nitrogens with zero attached hydrogens (tertiary/aromatic N) is 2. The minimum absolute atomic E-state index is 0.300. The molecule has 6 heteroatoms. The van der Waals surface area contributed by atoms with Crippen molar-refractivity contribution in [3.63, 3.8) is 0 Å². The molecule has 0 spiro atoms. The first-order valence-corrected chi connectivity index (χ1v) is 7.92. The number of amides is 1. The van der Waals surface area contributed by atoms with E-state index >= 15 is 0 Å². The van der Waals surface area contributed by atoms with Crippen molar-refractivity contribution >= 4 is 18.1 Å². The third-order valence-electron chi connectivity index (χ3n) is 3.74. The maximum atomic E-state index is 12.1. The normalized spacial score (nSPS) is 10.7. The molecule has 0 bridgehead atoms. The van der Waals surface area contributed by atoms with Gasteiger partial charge in [0.05, 0.1) is 18.9 Å².